The molecule has 7 heteroatoms. The van der Waals surface area contributed by atoms with Gasteiger partial charge in [-0.15, -0.1) is 11.3 Å². The van der Waals surface area contributed by atoms with Crippen molar-refractivity contribution in [1.29, 1.82) is 0 Å². The topological polar surface area (TPSA) is 78.9 Å². The van der Waals surface area contributed by atoms with Gasteiger partial charge in [0.25, 0.3) is 0 Å². The highest BCUT2D eigenvalue weighted by molar-refractivity contribution is 7.18. The van der Waals surface area contributed by atoms with E-state index >= 15 is 0 Å². The number of carbonyl (C=O) groups excluding carboxylic acids is 2. The molecule has 122 valence electrons. The summed E-state index contributed by atoms with van der Waals surface area (Å²) < 4.78 is 4.99. The van der Waals surface area contributed by atoms with Crippen LogP contribution in [-0.4, -0.2) is 54.2 Å². The van der Waals surface area contributed by atoms with E-state index in [1.165, 1.54) is 11.3 Å². The van der Waals surface area contributed by atoms with Crippen molar-refractivity contribution in [2.45, 2.75) is 32.7 Å². The summed E-state index contributed by atoms with van der Waals surface area (Å²) in [5.74, 6) is -0.484. The zero-order chi connectivity index (χ0) is 16.1. The normalized spacial score (nSPS) is 18.4. The summed E-state index contributed by atoms with van der Waals surface area (Å²) in [6, 6.07) is 1.86. The van der Waals surface area contributed by atoms with Crippen LogP contribution in [0.3, 0.4) is 0 Å². The maximum Gasteiger partial charge on any atom is 0.348 e. The summed E-state index contributed by atoms with van der Waals surface area (Å²) in [5, 5.41) is 12.7. The molecule has 1 saturated heterocycles. The number of aryl methyl sites for hydroxylation is 1. The number of thiophene rings is 1. The number of aliphatic hydroxyl groups is 1. The molecule has 1 amide bonds. The fraction of sp³-hybridized carbons (Fsp3) is 0.600. The summed E-state index contributed by atoms with van der Waals surface area (Å²) >= 11 is 1.23. The molecule has 2 N–H and O–H groups in total. The van der Waals surface area contributed by atoms with Crippen LogP contribution in [-0.2, 0) is 9.53 Å². The number of likely N-dealkylation sites (tertiary alicyclic amines) is 1. The molecular weight excluding hydrogens is 304 g/mol. The highest BCUT2D eigenvalue weighted by atomic mass is 32.1. The summed E-state index contributed by atoms with van der Waals surface area (Å²) in [4.78, 5) is 26.4. The van der Waals surface area contributed by atoms with Gasteiger partial charge in [-0.2, -0.15) is 0 Å². The molecule has 6 nitrogen and oxygen atoms in total. The van der Waals surface area contributed by atoms with Crippen LogP contribution in [0.15, 0.2) is 6.07 Å². The Bertz CT molecular complexity index is 544. The highest BCUT2D eigenvalue weighted by Crippen LogP contribution is 2.27. The third kappa shape index (κ3) is 4.06. The summed E-state index contributed by atoms with van der Waals surface area (Å²) in [7, 11) is 0. The number of aliphatic hydroxyl groups excluding tert-OH is 1. The molecule has 0 radical (unpaired) electrons. The van der Waals surface area contributed by atoms with Crippen LogP contribution in [0.5, 0.6) is 0 Å². The Hall–Kier alpha value is -1.44. The van der Waals surface area contributed by atoms with E-state index in [4.69, 9.17) is 4.74 Å². The molecule has 1 fully saturated rings. The molecule has 0 aromatic carbocycles. The van der Waals surface area contributed by atoms with E-state index in [2.05, 4.69) is 5.32 Å². The van der Waals surface area contributed by atoms with E-state index < -0.39 is 0 Å². The van der Waals surface area contributed by atoms with Crippen molar-refractivity contribution in [2.24, 2.45) is 0 Å². The predicted molar refractivity (Wildman–Crippen MR) is 85.3 cm³/mol. The zero-order valence-electron chi connectivity index (χ0n) is 12.9. The number of rotatable bonds is 6. The van der Waals surface area contributed by atoms with Gasteiger partial charge in [0.2, 0.25) is 5.91 Å². The predicted octanol–water partition coefficient (Wildman–Crippen LogP) is 1.63. The Morgan fingerprint density at radius 2 is 2.32 bits per heavy atom. The Labute approximate surface area is 134 Å². The molecule has 0 unspecified atom stereocenters. The van der Waals surface area contributed by atoms with Crippen molar-refractivity contribution < 1.29 is 19.4 Å². The van der Waals surface area contributed by atoms with Crippen LogP contribution < -0.4 is 5.32 Å². The van der Waals surface area contributed by atoms with E-state index in [9.17, 15) is 14.7 Å². The molecule has 0 spiro atoms. The molecule has 1 atom stereocenters. The van der Waals surface area contributed by atoms with E-state index in [-0.39, 0.29) is 31.1 Å². The molecule has 1 aliphatic heterocycles. The molecular formula is C15H22N2O4S. The van der Waals surface area contributed by atoms with Crippen LogP contribution in [0.2, 0.25) is 0 Å². The molecule has 22 heavy (non-hydrogen) atoms. The Balaban J connectivity index is 1.94. The largest absolute Gasteiger partial charge is 0.462 e. The first kappa shape index (κ1) is 16.9. The number of anilines is 1. The van der Waals surface area contributed by atoms with Crippen LogP contribution in [0.25, 0.3) is 0 Å². The second-order valence-corrected chi connectivity index (χ2v) is 6.39. The lowest BCUT2D eigenvalue weighted by atomic mass is 10.2. The maximum atomic E-state index is 12.1. The van der Waals surface area contributed by atoms with Gasteiger partial charge in [0, 0.05) is 6.04 Å². The number of hydrogen-bond donors (Lipinski definition) is 2. The number of hydrogen-bond acceptors (Lipinski definition) is 6. The third-order valence-electron chi connectivity index (χ3n) is 3.70. The van der Waals surface area contributed by atoms with Crippen LogP contribution >= 0.6 is 11.3 Å². The van der Waals surface area contributed by atoms with Crippen molar-refractivity contribution in [2.75, 3.05) is 31.6 Å². The van der Waals surface area contributed by atoms with Gasteiger partial charge in [-0.25, -0.2) is 4.79 Å². The van der Waals surface area contributed by atoms with Gasteiger partial charge in [-0.1, -0.05) is 0 Å². The Kier molecular flexibility index (Phi) is 5.93. The summed E-state index contributed by atoms with van der Waals surface area (Å²) in [5.41, 5.74) is 0.799. The number of ether oxygens (including phenoxy) is 1. The van der Waals surface area contributed by atoms with Gasteiger partial charge in [0.05, 0.1) is 24.8 Å². The minimum absolute atomic E-state index is 0.0749. The van der Waals surface area contributed by atoms with Crippen molar-refractivity contribution in [3.8, 4) is 0 Å². The van der Waals surface area contributed by atoms with Gasteiger partial charge in [-0.05, 0) is 44.9 Å². The number of carbonyl (C=O) groups is 2. The number of amides is 1. The molecule has 0 bridgehead atoms. The zero-order valence-corrected chi connectivity index (χ0v) is 13.7. The number of esters is 1. The molecule has 0 aliphatic carbocycles. The fourth-order valence-electron chi connectivity index (χ4n) is 2.61. The lowest BCUT2D eigenvalue weighted by molar-refractivity contribution is -0.117. The minimum atomic E-state index is -0.356. The lowest BCUT2D eigenvalue weighted by Crippen LogP contribution is -2.38. The average Bonchev–Trinajstić information content (AvgIpc) is 3.05. The number of nitrogens with one attached hydrogen (secondary N) is 1. The van der Waals surface area contributed by atoms with Crippen molar-refractivity contribution in [3.63, 3.8) is 0 Å². The minimum Gasteiger partial charge on any atom is -0.462 e. The van der Waals surface area contributed by atoms with Gasteiger partial charge >= 0.3 is 5.97 Å². The number of nitrogens with zero attached hydrogens (tertiary/aromatic N) is 1. The molecule has 0 saturated carbocycles. The van der Waals surface area contributed by atoms with E-state index in [1.807, 2.05) is 11.8 Å². The second-order valence-electron chi connectivity index (χ2n) is 5.34. The fourth-order valence-corrected chi connectivity index (χ4v) is 3.60. The van der Waals surface area contributed by atoms with Crippen LogP contribution in [0, 0.1) is 6.92 Å². The average molecular weight is 326 g/mol. The third-order valence-corrected chi connectivity index (χ3v) is 4.83. The van der Waals surface area contributed by atoms with Gasteiger partial charge in [-0.3, -0.25) is 9.69 Å². The second kappa shape index (κ2) is 7.71. The van der Waals surface area contributed by atoms with Crippen molar-refractivity contribution >= 4 is 28.2 Å². The first-order valence-electron chi connectivity index (χ1n) is 7.47. The molecule has 1 aromatic heterocycles. The Morgan fingerprint density at radius 3 is 3.00 bits per heavy atom. The SMILES string of the molecule is CCOC(=O)c1sc(NC(=O)CN2CCC[C@H]2CO)cc1C. The smallest absolute Gasteiger partial charge is 0.348 e. The van der Waals surface area contributed by atoms with Crippen molar-refractivity contribution in [1.82, 2.24) is 4.90 Å². The van der Waals surface area contributed by atoms with Crippen LogP contribution in [0.4, 0.5) is 5.00 Å². The maximum absolute atomic E-state index is 12.1. The van der Waals surface area contributed by atoms with Gasteiger partial charge in [0.15, 0.2) is 0 Å². The Morgan fingerprint density at radius 1 is 1.55 bits per heavy atom. The standard InChI is InChI=1S/C15H22N2O4S/c1-3-21-15(20)14-10(2)7-13(22-14)16-12(19)8-17-6-4-5-11(17)9-18/h7,11,18H,3-6,8-9H2,1-2H3,(H,16,19)/t11-/m0/s1. The lowest BCUT2D eigenvalue weighted by Gasteiger charge is -2.21. The highest BCUT2D eigenvalue weighted by Gasteiger charge is 2.25. The van der Waals surface area contributed by atoms with Gasteiger partial charge < -0.3 is 15.2 Å². The van der Waals surface area contributed by atoms with E-state index in [0.717, 1.165) is 24.9 Å². The summed E-state index contributed by atoms with van der Waals surface area (Å²) in [6.07, 6.45) is 1.93. The monoisotopic (exact) mass is 326 g/mol. The van der Waals surface area contributed by atoms with Crippen LogP contribution in [0.1, 0.15) is 35.0 Å². The molecule has 1 aromatic rings. The molecule has 2 heterocycles. The quantitative estimate of drug-likeness (QED) is 0.777. The first-order valence-corrected chi connectivity index (χ1v) is 8.29. The van der Waals surface area contributed by atoms with E-state index in [1.54, 1.807) is 13.0 Å². The van der Waals surface area contributed by atoms with E-state index in [0.29, 0.717) is 16.5 Å². The summed E-state index contributed by atoms with van der Waals surface area (Å²) in [6.45, 7) is 5.08. The van der Waals surface area contributed by atoms with Crippen molar-refractivity contribution in [3.05, 3.63) is 16.5 Å². The van der Waals surface area contributed by atoms with Gasteiger partial charge in [0.1, 0.15) is 4.88 Å². The first-order chi connectivity index (χ1) is 10.5. The molecule has 2 rings (SSSR count). The molecule has 1 aliphatic rings.